The lowest BCUT2D eigenvalue weighted by Crippen LogP contribution is -2.27. The van der Waals surface area contributed by atoms with E-state index in [-0.39, 0.29) is 36.0 Å². The number of hydrogen-bond acceptors (Lipinski definition) is 11. The zero-order valence-corrected chi connectivity index (χ0v) is 29.7. The molecule has 0 fully saturated rings. The van der Waals surface area contributed by atoms with Crippen LogP contribution >= 0.6 is 0 Å². The van der Waals surface area contributed by atoms with E-state index in [2.05, 4.69) is 29.9 Å². The van der Waals surface area contributed by atoms with Gasteiger partial charge in [-0.25, -0.2) is 4.98 Å². The van der Waals surface area contributed by atoms with Crippen molar-refractivity contribution in [2.75, 3.05) is 5.73 Å². The number of aromatic nitrogens is 6. The van der Waals surface area contributed by atoms with Gasteiger partial charge in [-0.05, 0) is 90.7 Å². The van der Waals surface area contributed by atoms with Gasteiger partial charge >= 0.3 is 0 Å². The molecule has 6 aromatic rings. The number of fused-ring (bicyclic) bond motifs is 2. The Kier molecular flexibility index (Phi) is 10.1. The predicted octanol–water partition coefficient (Wildman–Crippen LogP) is 5.35. The molecule has 14 heteroatoms. The highest BCUT2D eigenvalue weighted by atomic mass is 16.6. The fourth-order valence-electron chi connectivity index (χ4n) is 6.46. The topological polar surface area (TPSA) is 187 Å². The molecule has 54 heavy (non-hydrogen) atoms. The van der Waals surface area contributed by atoms with Crippen molar-refractivity contribution in [2.45, 2.75) is 52.9 Å². The first-order valence-electron chi connectivity index (χ1n) is 17.3. The number of carbonyl (C=O) groups excluding carboxylic acids is 2. The van der Waals surface area contributed by atoms with Gasteiger partial charge in [0.1, 0.15) is 5.69 Å². The maximum atomic E-state index is 12.8. The number of nitrogens with zero attached hydrogens (tertiary/aromatic N) is 9. The number of rotatable bonds is 7. The van der Waals surface area contributed by atoms with Crippen LogP contribution in [0.25, 0.3) is 22.5 Å². The summed E-state index contributed by atoms with van der Waals surface area (Å²) in [6, 6.07) is 18.0. The number of aryl methyl sites for hydroxylation is 2. The Morgan fingerprint density at radius 2 is 1.17 bits per heavy atom. The van der Waals surface area contributed by atoms with Gasteiger partial charge < -0.3 is 15.5 Å². The molecule has 0 radical (unpaired) electrons. The molecule has 8 rings (SSSR count). The number of anilines is 1. The van der Waals surface area contributed by atoms with Gasteiger partial charge in [-0.15, -0.1) is 0 Å². The summed E-state index contributed by atoms with van der Waals surface area (Å²) in [5.41, 5.74) is 16.3. The second kappa shape index (κ2) is 15.3. The van der Waals surface area contributed by atoms with Crippen LogP contribution in [0, 0.1) is 24.0 Å². The summed E-state index contributed by atoms with van der Waals surface area (Å²) in [6.45, 7) is 6.00. The Bertz CT molecular complexity index is 2370. The highest BCUT2D eigenvalue weighted by Gasteiger charge is 2.28. The van der Waals surface area contributed by atoms with E-state index in [1.54, 1.807) is 54.1 Å². The van der Waals surface area contributed by atoms with Gasteiger partial charge in [0.25, 0.3) is 5.69 Å². The second-order valence-electron chi connectivity index (χ2n) is 13.2. The van der Waals surface area contributed by atoms with E-state index < -0.39 is 4.92 Å². The third kappa shape index (κ3) is 7.92. The Hall–Kier alpha value is -6.96. The SMILES string of the molecule is Cc1cc2c(cn1)CN(C(=O)Cc1nc(-c3cccnc3)ccc1N)C2.Cc1cc2c(cn1)CN(C(=O)Cc1nc(-c3cccnc3)ccc1[N+](=O)[O-])C2. The van der Waals surface area contributed by atoms with Gasteiger partial charge in [-0.1, -0.05) is 0 Å². The van der Waals surface area contributed by atoms with Crippen LogP contribution in [0.1, 0.15) is 45.0 Å². The molecule has 2 aliphatic rings. The van der Waals surface area contributed by atoms with Gasteiger partial charge in [0, 0.05) is 91.9 Å². The molecule has 0 aromatic carbocycles. The van der Waals surface area contributed by atoms with Crippen molar-refractivity contribution in [2.24, 2.45) is 0 Å². The van der Waals surface area contributed by atoms with Crippen molar-refractivity contribution in [3.05, 3.63) is 153 Å². The molecule has 0 atom stereocenters. The van der Waals surface area contributed by atoms with Crippen LogP contribution in [-0.2, 0) is 48.6 Å². The van der Waals surface area contributed by atoms with E-state index in [0.717, 1.165) is 50.5 Å². The van der Waals surface area contributed by atoms with Gasteiger partial charge in [-0.3, -0.25) is 44.6 Å². The number of nitro groups is 1. The minimum Gasteiger partial charge on any atom is -0.397 e. The van der Waals surface area contributed by atoms with Gasteiger partial charge in [0.05, 0.1) is 40.5 Å². The van der Waals surface area contributed by atoms with Gasteiger partial charge in [-0.2, -0.15) is 0 Å². The first kappa shape index (κ1) is 35.4. The third-order valence-corrected chi connectivity index (χ3v) is 9.30. The van der Waals surface area contributed by atoms with Crippen LogP contribution in [0.4, 0.5) is 11.4 Å². The smallest absolute Gasteiger partial charge is 0.291 e. The van der Waals surface area contributed by atoms with Crippen LogP contribution < -0.4 is 5.73 Å². The molecule has 0 aliphatic carbocycles. The Labute approximate surface area is 311 Å². The quantitative estimate of drug-likeness (QED) is 0.165. The van der Waals surface area contributed by atoms with Crippen molar-refractivity contribution < 1.29 is 14.5 Å². The Balaban J connectivity index is 0.000000167. The molecule has 0 saturated carbocycles. The number of amides is 2. The molecule has 6 aromatic heterocycles. The molecular formula is C40H36N10O4. The first-order chi connectivity index (χ1) is 26.1. The molecule has 0 saturated heterocycles. The third-order valence-electron chi connectivity index (χ3n) is 9.30. The average molecular weight is 721 g/mol. The summed E-state index contributed by atoms with van der Waals surface area (Å²) in [6.07, 6.45) is 10.4. The average Bonchev–Trinajstić information content (AvgIpc) is 3.81. The Morgan fingerprint density at radius 1 is 0.685 bits per heavy atom. The fourth-order valence-corrected chi connectivity index (χ4v) is 6.46. The van der Waals surface area contributed by atoms with Crippen molar-refractivity contribution in [1.82, 2.24) is 39.7 Å². The lowest BCUT2D eigenvalue weighted by molar-refractivity contribution is -0.385. The van der Waals surface area contributed by atoms with E-state index in [0.29, 0.717) is 43.3 Å². The molecule has 2 amide bonds. The minimum atomic E-state index is -0.505. The molecular weight excluding hydrogens is 685 g/mol. The highest BCUT2D eigenvalue weighted by Crippen LogP contribution is 2.28. The molecule has 270 valence electrons. The molecule has 0 unspecified atom stereocenters. The molecule has 2 aliphatic heterocycles. The summed E-state index contributed by atoms with van der Waals surface area (Å²) in [5.74, 6) is -0.186. The van der Waals surface area contributed by atoms with Crippen LogP contribution in [0.5, 0.6) is 0 Å². The van der Waals surface area contributed by atoms with E-state index in [1.165, 1.54) is 6.07 Å². The highest BCUT2D eigenvalue weighted by molar-refractivity contribution is 5.81. The van der Waals surface area contributed by atoms with Crippen molar-refractivity contribution in [3.8, 4) is 22.5 Å². The lowest BCUT2D eigenvalue weighted by Gasteiger charge is -2.16. The van der Waals surface area contributed by atoms with Crippen LogP contribution in [-0.4, -0.2) is 56.4 Å². The number of nitrogens with two attached hydrogens (primary N) is 1. The van der Waals surface area contributed by atoms with Gasteiger partial charge in [0.15, 0.2) is 0 Å². The summed E-state index contributed by atoms with van der Waals surface area (Å²) >= 11 is 0. The molecule has 2 N–H and O–H groups in total. The Morgan fingerprint density at radius 3 is 1.67 bits per heavy atom. The minimum absolute atomic E-state index is 0.0152. The molecule has 14 nitrogen and oxygen atoms in total. The largest absolute Gasteiger partial charge is 0.397 e. The maximum absolute atomic E-state index is 12.8. The monoisotopic (exact) mass is 720 g/mol. The van der Waals surface area contributed by atoms with E-state index in [1.807, 2.05) is 61.3 Å². The summed E-state index contributed by atoms with van der Waals surface area (Å²) in [7, 11) is 0. The zero-order chi connectivity index (χ0) is 37.8. The zero-order valence-electron chi connectivity index (χ0n) is 29.7. The fraction of sp³-hybridized carbons (Fsp3) is 0.200. The van der Waals surface area contributed by atoms with E-state index in [4.69, 9.17) is 5.73 Å². The summed E-state index contributed by atoms with van der Waals surface area (Å²) < 4.78 is 0. The number of nitrogen functional groups attached to an aromatic ring is 1. The van der Waals surface area contributed by atoms with Crippen LogP contribution in [0.2, 0.25) is 0 Å². The summed E-state index contributed by atoms with van der Waals surface area (Å²) in [5, 5.41) is 11.4. The van der Waals surface area contributed by atoms with Crippen molar-refractivity contribution >= 4 is 23.2 Å². The van der Waals surface area contributed by atoms with Crippen LogP contribution in [0.15, 0.2) is 97.8 Å². The number of hydrogen-bond donors (Lipinski definition) is 1. The summed E-state index contributed by atoms with van der Waals surface area (Å²) in [4.78, 5) is 65.7. The van der Waals surface area contributed by atoms with E-state index in [9.17, 15) is 19.7 Å². The number of pyridine rings is 6. The van der Waals surface area contributed by atoms with Crippen molar-refractivity contribution in [1.29, 1.82) is 0 Å². The number of carbonyl (C=O) groups is 2. The normalized spacial score (nSPS) is 12.8. The molecule has 8 heterocycles. The van der Waals surface area contributed by atoms with Gasteiger partial charge in [0.2, 0.25) is 11.8 Å². The van der Waals surface area contributed by atoms with Crippen LogP contribution in [0.3, 0.4) is 0 Å². The standard InChI is InChI=1S/C20H17N5O3.C20H19N5O/c1-13-7-15-11-24(12-16(15)10-22-13)20(26)8-18-19(25(27)28)5-4-17(23-18)14-3-2-6-21-9-14;1-13-7-15-11-25(12-16(15)10-23-13)20(26)8-19-17(21)4-5-18(24-19)14-3-2-6-22-9-14/h2-7,9-10H,8,11-12H2,1H3;2-7,9-10H,8,11-12,21H2,1H3. The maximum Gasteiger partial charge on any atom is 0.291 e. The molecule has 0 spiro atoms. The lowest BCUT2D eigenvalue weighted by atomic mass is 10.1. The first-order valence-corrected chi connectivity index (χ1v) is 17.3. The second-order valence-corrected chi connectivity index (χ2v) is 13.2. The van der Waals surface area contributed by atoms with Crippen molar-refractivity contribution in [3.63, 3.8) is 0 Å². The predicted molar refractivity (Wildman–Crippen MR) is 200 cm³/mol. The van der Waals surface area contributed by atoms with E-state index >= 15 is 0 Å². The molecule has 0 bridgehead atoms.